The highest BCUT2D eigenvalue weighted by Gasteiger charge is 2.21. The molecule has 1 N–H and O–H groups in total. The van der Waals surface area contributed by atoms with Gasteiger partial charge in [-0.1, -0.05) is 42.5 Å². The molecule has 1 aliphatic rings. The zero-order valence-electron chi connectivity index (χ0n) is 16.0. The van der Waals surface area contributed by atoms with Crippen LogP contribution in [0.15, 0.2) is 66.9 Å². The van der Waals surface area contributed by atoms with Crippen LogP contribution in [0, 0.1) is 5.82 Å². The summed E-state index contributed by atoms with van der Waals surface area (Å²) in [5.41, 5.74) is 1.98. The van der Waals surface area contributed by atoms with E-state index in [0.29, 0.717) is 50.1 Å². The Balaban J connectivity index is 1.38. The van der Waals surface area contributed by atoms with Gasteiger partial charge < -0.3 is 15.1 Å². The fourth-order valence-electron chi connectivity index (χ4n) is 3.35. The first-order chi connectivity index (χ1) is 14.2. The highest BCUT2D eigenvalue weighted by atomic mass is 19.1. The maximum absolute atomic E-state index is 14.0. The van der Waals surface area contributed by atoms with Crippen molar-refractivity contribution in [3.05, 3.63) is 83.9 Å². The molecular formula is C22H22FN5O. The van der Waals surface area contributed by atoms with Crippen molar-refractivity contribution in [2.24, 2.45) is 0 Å². The highest BCUT2D eigenvalue weighted by Crippen LogP contribution is 2.21. The summed E-state index contributed by atoms with van der Waals surface area (Å²) in [4.78, 5) is 25.2. The van der Waals surface area contributed by atoms with Crippen LogP contribution in [0.25, 0.3) is 0 Å². The van der Waals surface area contributed by atoms with E-state index >= 15 is 0 Å². The maximum Gasteiger partial charge on any atom is 0.270 e. The third kappa shape index (κ3) is 4.51. The second kappa shape index (κ2) is 8.68. The Bertz CT molecular complexity index is 974. The van der Waals surface area contributed by atoms with Crippen LogP contribution in [-0.4, -0.2) is 42.1 Å². The smallest absolute Gasteiger partial charge is 0.270 e. The van der Waals surface area contributed by atoms with Gasteiger partial charge in [-0.15, -0.1) is 0 Å². The molecule has 1 fully saturated rings. The summed E-state index contributed by atoms with van der Waals surface area (Å²) in [5.74, 6) is 0.0716. The SMILES string of the molecule is O=C(NCc1ccccc1)c1ccnc(N2CCN(c3ccccc3F)CC2)n1. The Morgan fingerprint density at radius 1 is 0.931 bits per heavy atom. The third-order valence-corrected chi connectivity index (χ3v) is 4.93. The summed E-state index contributed by atoms with van der Waals surface area (Å²) in [6, 6.07) is 18.1. The zero-order chi connectivity index (χ0) is 20.1. The summed E-state index contributed by atoms with van der Waals surface area (Å²) in [5, 5.41) is 2.88. The molecule has 29 heavy (non-hydrogen) atoms. The summed E-state index contributed by atoms with van der Waals surface area (Å²) < 4.78 is 14.0. The lowest BCUT2D eigenvalue weighted by atomic mass is 10.2. The summed E-state index contributed by atoms with van der Waals surface area (Å²) in [6.07, 6.45) is 1.60. The molecule has 0 spiro atoms. The molecule has 3 aromatic rings. The number of hydrogen-bond donors (Lipinski definition) is 1. The van der Waals surface area contributed by atoms with Gasteiger partial charge in [-0.3, -0.25) is 4.79 Å². The van der Waals surface area contributed by atoms with E-state index in [1.54, 1.807) is 24.4 Å². The average molecular weight is 391 g/mol. The maximum atomic E-state index is 14.0. The molecule has 0 unspecified atom stereocenters. The molecule has 0 atom stereocenters. The van der Waals surface area contributed by atoms with Crippen molar-refractivity contribution < 1.29 is 9.18 Å². The lowest BCUT2D eigenvalue weighted by Gasteiger charge is -2.36. The summed E-state index contributed by atoms with van der Waals surface area (Å²) in [7, 11) is 0. The van der Waals surface area contributed by atoms with Gasteiger partial charge in [-0.2, -0.15) is 0 Å². The normalized spacial score (nSPS) is 14.0. The van der Waals surface area contributed by atoms with Gasteiger partial charge in [0.2, 0.25) is 5.95 Å². The van der Waals surface area contributed by atoms with Crippen LogP contribution in [0.4, 0.5) is 16.0 Å². The number of nitrogens with one attached hydrogen (secondary N) is 1. The van der Waals surface area contributed by atoms with Gasteiger partial charge >= 0.3 is 0 Å². The van der Waals surface area contributed by atoms with Crippen molar-refractivity contribution in [2.45, 2.75) is 6.54 Å². The van der Waals surface area contributed by atoms with Gasteiger partial charge in [0.25, 0.3) is 5.91 Å². The van der Waals surface area contributed by atoms with E-state index < -0.39 is 0 Å². The van der Waals surface area contributed by atoms with Crippen LogP contribution < -0.4 is 15.1 Å². The molecule has 7 heteroatoms. The quantitative estimate of drug-likeness (QED) is 0.725. The van der Waals surface area contributed by atoms with E-state index in [9.17, 15) is 9.18 Å². The van der Waals surface area contributed by atoms with E-state index in [1.807, 2.05) is 46.2 Å². The van der Waals surface area contributed by atoms with Gasteiger partial charge in [0.1, 0.15) is 11.5 Å². The van der Waals surface area contributed by atoms with Crippen LogP contribution in [0.3, 0.4) is 0 Å². The molecule has 2 aromatic carbocycles. The molecule has 0 saturated carbocycles. The predicted molar refractivity (Wildman–Crippen MR) is 110 cm³/mol. The molecule has 2 heterocycles. The van der Waals surface area contributed by atoms with Crippen molar-refractivity contribution in [3.63, 3.8) is 0 Å². The summed E-state index contributed by atoms with van der Waals surface area (Å²) in [6.45, 7) is 3.08. The molecule has 6 nitrogen and oxygen atoms in total. The van der Waals surface area contributed by atoms with E-state index in [0.717, 1.165) is 5.56 Å². The number of piperazine rings is 1. The van der Waals surface area contributed by atoms with Crippen molar-refractivity contribution in [1.82, 2.24) is 15.3 Å². The first-order valence-corrected chi connectivity index (χ1v) is 9.60. The molecule has 0 bridgehead atoms. The van der Waals surface area contributed by atoms with Crippen molar-refractivity contribution in [1.29, 1.82) is 0 Å². The number of amides is 1. The Morgan fingerprint density at radius 3 is 2.38 bits per heavy atom. The third-order valence-electron chi connectivity index (χ3n) is 4.93. The van der Waals surface area contributed by atoms with Gasteiger partial charge in [0.15, 0.2) is 0 Å². The number of rotatable bonds is 5. The summed E-state index contributed by atoms with van der Waals surface area (Å²) >= 11 is 0. The van der Waals surface area contributed by atoms with E-state index in [1.165, 1.54) is 6.07 Å². The van der Waals surface area contributed by atoms with Crippen LogP contribution in [-0.2, 0) is 6.54 Å². The molecule has 1 saturated heterocycles. The zero-order valence-corrected chi connectivity index (χ0v) is 16.0. The Labute approximate surface area is 169 Å². The monoisotopic (exact) mass is 391 g/mol. The van der Waals surface area contributed by atoms with Crippen molar-refractivity contribution in [3.8, 4) is 0 Å². The fraction of sp³-hybridized carbons (Fsp3) is 0.227. The number of para-hydroxylation sites is 1. The molecule has 1 aromatic heterocycles. The standard InChI is InChI=1S/C22H22FN5O/c23-18-8-4-5-9-20(18)27-12-14-28(15-13-27)22-24-11-10-19(26-22)21(29)25-16-17-6-2-1-3-7-17/h1-11H,12-16H2,(H,25,29). The van der Waals surface area contributed by atoms with Crippen LogP contribution in [0.5, 0.6) is 0 Å². The fourth-order valence-corrected chi connectivity index (χ4v) is 3.35. The number of carbonyl (C=O) groups excluding carboxylic acids is 1. The molecule has 0 aliphatic carbocycles. The number of benzene rings is 2. The number of halogens is 1. The molecule has 4 rings (SSSR count). The number of carbonyl (C=O) groups is 1. The number of anilines is 2. The first kappa shape index (κ1) is 18.9. The van der Waals surface area contributed by atoms with Gasteiger partial charge in [-0.25, -0.2) is 14.4 Å². The lowest BCUT2D eigenvalue weighted by molar-refractivity contribution is 0.0946. The molecule has 148 valence electrons. The van der Waals surface area contributed by atoms with Gasteiger partial charge in [0.05, 0.1) is 5.69 Å². The number of aromatic nitrogens is 2. The second-order valence-corrected chi connectivity index (χ2v) is 6.84. The van der Waals surface area contributed by atoms with Crippen LogP contribution >= 0.6 is 0 Å². The van der Waals surface area contributed by atoms with Crippen molar-refractivity contribution >= 4 is 17.5 Å². The Hall–Kier alpha value is -3.48. The highest BCUT2D eigenvalue weighted by molar-refractivity contribution is 5.92. The minimum absolute atomic E-state index is 0.214. The molecule has 1 aliphatic heterocycles. The minimum Gasteiger partial charge on any atom is -0.366 e. The average Bonchev–Trinajstić information content (AvgIpc) is 2.79. The molecule has 1 amide bonds. The largest absolute Gasteiger partial charge is 0.366 e. The van der Waals surface area contributed by atoms with Gasteiger partial charge in [-0.05, 0) is 23.8 Å². The van der Waals surface area contributed by atoms with Crippen LogP contribution in [0.1, 0.15) is 16.1 Å². The van der Waals surface area contributed by atoms with Gasteiger partial charge in [0, 0.05) is 38.9 Å². The lowest BCUT2D eigenvalue weighted by Crippen LogP contribution is -2.47. The minimum atomic E-state index is -0.234. The Morgan fingerprint density at radius 2 is 1.62 bits per heavy atom. The molecular weight excluding hydrogens is 369 g/mol. The van der Waals surface area contributed by atoms with E-state index in [-0.39, 0.29) is 11.7 Å². The topological polar surface area (TPSA) is 61.4 Å². The van der Waals surface area contributed by atoms with E-state index in [4.69, 9.17) is 0 Å². The van der Waals surface area contributed by atoms with E-state index in [2.05, 4.69) is 15.3 Å². The number of hydrogen-bond acceptors (Lipinski definition) is 5. The van der Waals surface area contributed by atoms with Crippen LogP contribution in [0.2, 0.25) is 0 Å². The first-order valence-electron chi connectivity index (χ1n) is 9.60. The second-order valence-electron chi connectivity index (χ2n) is 6.84. The number of nitrogens with zero attached hydrogens (tertiary/aromatic N) is 4. The van der Waals surface area contributed by atoms with Crippen molar-refractivity contribution in [2.75, 3.05) is 36.0 Å². The predicted octanol–water partition coefficient (Wildman–Crippen LogP) is 2.87. The Kier molecular flexibility index (Phi) is 5.65. The molecule has 0 radical (unpaired) electrons.